The molecule has 0 radical (unpaired) electrons. The van der Waals surface area contributed by atoms with Gasteiger partial charge in [-0.25, -0.2) is 9.59 Å². The minimum absolute atomic E-state index is 0.107. The molecule has 0 saturated carbocycles. The van der Waals surface area contributed by atoms with Gasteiger partial charge in [0.25, 0.3) is 0 Å². The first-order valence-corrected chi connectivity index (χ1v) is 8.42. The van der Waals surface area contributed by atoms with Crippen molar-refractivity contribution in [2.45, 2.75) is 26.0 Å². The molecule has 0 aliphatic heterocycles. The van der Waals surface area contributed by atoms with Gasteiger partial charge in [-0.2, -0.15) is 0 Å². The van der Waals surface area contributed by atoms with Crippen molar-refractivity contribution < 1.29 is 23.8 Å². The second-order valence-corrected chi connectivity index (χ2v) is 6.01. The van der Waals surface area contributed by atoms with Crippen LogP contribution in [0.2, 0.25) is 0 Å². The predicted molar refractivity (Wildman–Crippen MR) is 101 cm³/mol. The molecule has 27 heavy (non-hydrogen) atoms. The molecule has 0 saturated heterocycles. The number of benzene rings is 2. The molecule has 144 valence electrons. The second kappa shape index (κ2) is 9.47. The van der Waals surface area contributed by atoms with E-state index in [1.807, 2.05) is 43.3 Å². The van der Waals surface area contributed by atoms with Gasteiger partial charge in [0.15, 0.2) is 0 Å². The van der Waals surface area contributed by atoms with E-state index in [0.29, 0.717) is 11.4 Å². The lowest BCUT2D eigenvalue weighted by Gasteiger charge is -2.18. The minimum Gasteiger partial charge on any atom is -0.495 e. The maximum atomic E-state index is 12.1. The smallest absolute Gasteiger partial charge is 0.408 e. The highest BCUT2D eigenvalue weighted by molar-refractivity contribution is 5.81. The van der Waals surface area contributed by atoms with Gasteiger partial charge in [0.1, 0.15) is 18.4 Å². The fourth-order valence-corrected chi connectivity index (χ4v) is 2.60. The molecule has 2 rings (SSSR count). The molecule has 0 fully saturated rings. The molecule has 0 aromatic heterocycles. The maximum absolute atomic E-state index is 12.1. The van der Waals surface area contributed by atoms with Crippen molar-refractivity contribution in [1.29, 1.82) is 0 Å². The maximum Gasteiger partial charge on any atom is 0.408 e. The van der Waals surface area contributed by atoms with Crippen LogP contribution in [0.1, 0.15) is 16.7 Å². The fourth-order valence-electron chi connectivity index (χ4n) is 2.60. The average molecular weight is 372 g/mol. The van der Waals surface area contributed by atoms with Gasteiger partial charge in [0.2, 0.25) is 0 Å². The Hall–Kier alpha value is -3.22. The Morgan fingerprint density at radius 1 is 1.11 bits per heavy atom. The van der Waals surface area contributed by atoms with Crippen LogP contribution < -0.4 is 15.8 Å². The van der Waals surface area contributed by atoms with E-state index >= 15 is 0 Å². The van der Waals surface area contributed by atoms with Crippen molar-refractivity contribution in [2.24, 2.45) is 0 Å². The van der Waals surface area contributed by atoms with E-state index in [0.717, 1.165) is 16.7 Å². The Bertz CT molecular complexity index is 792. The molecule has 0 unspecified atom stereocenters. The molecule has 7 nitrogen and oxygen atoms in total. The first-order chi connectivity index (χ1) is 12.9. The normalized spacial score (nSPS) is 11.4. The summed E-state index contributed by atoms with van der Waals surface area (Å²) in [5.74, 6) is -0.0552. The first-order valence-electron chi connectivity index (χ1n) is 8.42. The average Bonchev–Trinajstić information content (AvgIpc) is 2.68. The third-order valence-electron chi connectivity index (χ3n) is 4.06. The van der Waals surface area contributed by atoms with E-state index in [-0.39, 0.29) is 13.0 Å². The number of carbonyl (C=O) groups excluding carboxylic acids is 2. The molecule has 0 aliphatic carbocycles. The topological polar surface area (TPSA) is 99.9 Å². The lowest BCUT2D eigenvalue weighted by Crippen LogP contribution is -2.43. The van der Waals surface area contributed by atoms with Gasteiger partial charge in [-0.3, -0.25) is 0 Å². The lowest BCUT2D eigenvalue weighted by atomic mass is 10.0. The molecule has 3 N–H and O–H groups in total. The lowest BCUT2D eigenvalue weighted by molar-refractivity contribution is -0.143. The monoisotopic (exact) mass is 372 g/mol. The van der Waals surface area contributed by atoms with Crippen LogP contribution in [0.15, 0.2) is 42.5 Å². The van der Waals surface area contributed by atoms with Crippen molar-refractivity contribution >= 4 is 17.7 Å². The number of methoxy groups -OCH3 is 2. The van der Waals surface area contributed by atoms with Crippen LogP contribution in [-0.2, 0) is 27.3 Å². The van der Waals surface area contributed by atoms with Gasteiger partial charge >= 0.3 is 12.1 Å². The van der Waals surface area contributed by atoms with Crippen molar-refractivity contribution in [1.82, 2.24) is 5.32 Å². The predicted octanol–water partition coefficient (Wildman–Crippen LogP) is 2.60. The van der Waals surface area contributed by atoms with Crippen LogP contribution >= 0.6 is 0 Å². The molecule has 2 aromatic carbocycles. The third kappa shape index (κ3) is 5.64. The summed E-state index contributed by atoms with van der Waals surface area (Å²) in [5.41, 5.74) is 8.92. The summed E-state index contributed by atoms with van der Waals surface area (Å²) >= 11 is 0. The van der Waals surface area contributed by atoms with Gasteiger partial charge in [0.05, 0.1) is 19.9 Å². The third-order valence-corrected chi connectivity index (χ3v) is 4.06. The summed E-state index contributed by atoms with van der Waals surface area (Å²) in [6.07, 6.45) is -0.488. The van der Waals surface area contributed by atoms with Gasteiger partial charge in [0, 0.05) is 6.42 Å². The highest BCUT2D eigenvalue weighted by Gasteiger charge is 2.23. The van der Waals surface area contributed by atoms with Crippen LogP contribution in [0, 0.1) is 6.92 Å². The van der Waals surface area contributed by atoms with E-state index in [2.05, 4.69) is 5.32 Å². The Balaban J connectivity index is 2.06. The Morgan fingerprint density at radius 3 is 2.44 bits per heavy atom. The number of carbonyl (C=O) groups is 2. The van der Waals surface area contributed by atoms with Crippen LogP contribution in [0.4, 0.5) is 10.5 Å². The van der Waals surface area contributed by atoms with Crippen LogP contribution in [0.5, 0.6) is 5.75 Å². The van der Waals surface area contributed by atoms with E-state index in [9.17, 15) is 9.59 Å². The van der Waals surface area contributed by atoms with Gasteiger partial charge in [-0.1, -0.05) is 36.4 Å². The molecule has 2 aromatic rings. The van der Waals surface area contributed by atoms with E-state index in [4.69, 9.17) is 19.9 Å². The van der Waals surface area contributed by atoms with E-state index < -0.39 is 18.1 Å². The van der Waals surface area contributed by atoms with Crippen LogP contribution in [0.25, 0.3) is 0 Å². The Morgan fingerprint density at radius 2 is 1.81 bits per heavy atom. The van der Waals surface area contributed by atoms with Gasteiger partial charge in [-0.05, 0) is 29.7 Å². The largest absolute Gasteiger partial charge is 0.495 e. The Labute approximate surface area is 158 Å². The standard InChI is InChI=1S/C20H24N2O5/c1-13-9-15(11-17(25-2)18(13)21)10-16(19(23)26-3)22-20(24)27-12-14-7-5-4-6-8-14/h4-9,11,16H,10,12,21H2,1-3H3,(H,22,24)/t16-/m1/s1. The van der Waals surface area contributed by atoms with Crippen molar-refractivity contribution in [3.63, 3.8) is 0 Å². The summed E-state index contributed by atoms with van der Waals surface area (Å²) in [6.45, 7) is 1.95. The highest BCUT2D eigenvalue weighted by atomic mass is 16.6. The fraction of sp³-hybridized carbons (Fsp3) is 0.300. The molecule has 1 amide bonds. The molecule has 1 atom stereocenters. The van der Waals surface area contributed by atoms with Crippen LogP contribution in [-0.4, -0.2) is 32.3 Å². The first kappa shape index (κ1) is 20.1. The van der Waals surface area contributed by atoms with E-state index in [1.54, 1.807) is 6.07 Å². The second-order valence-electron chi connectivity index (χ2n) is 6.01. The van der Waals surface area contributed by atoms with Crippen molar-refractivity contribution in [2.75, 3.05) is 20.0 Å². The van der Waals surface area contributed by atoms with Gasteiger partial charge in [-0.15, -0.1) is 0 Å². The summed E-state index contributed by atoms with van der Waals surface area (Å²) in [7, 11) is 2.78. The summed E-state index contributed by atoms with van der Waals surface area (Å²) in [5, 5.41) is 2.55. The number of alkyl carbamates (subject to hydrolysis) is 1. The number of amides is 1. The summed E-state index contributed by atoms with van der Waals surface area (Å²) in [6, 6.07) is 11.9. The zero-order chi connectivity index (χ0) is 19.8. The number of nitrogen functional groups attached to an aromatic ring is 1. The molecular weight excluding hydrogens is 348 g/mol. The minimum atomic E-state index is -0.897. The number of esters is 1. The molecular formula is C20H24N2O5. The summed E-state index contributed by atoms with van der Waals surface area (Å²) < 4.78 is 15.2. The molecule has 0 spiro atoms. The summed E-state index contributed by atoms with van der Waals surface area (Å²) in [4.78, 5) is 24.2. The zero-order valence-electron chi connectivity index (χ0n) is 15.7. The molecule has 7 heteroatoms. The molecule has 0 bridgehead atoms. The number of ether oxygens (including phenoxy) is 3. The number of anilines is 1. The molecule has 0 heterocycles. The van der Waals surface area contributed by atoms with Crippen LogP contribution in [0.3, 0.4) is 0 Å². The van der Waals surface area contributed by atoms with Crippen molar-refractivity contribution in [3.05, 3.63) is 59.2 Å². The highest BCUT2D eigenvalue weighted by Crippen LogP contribution is 2.27. The van der Waals surface area contributed by atoms with E-state index in [1.165, 1.54) is 14.2 Å². The number of hydrogen-bond acceptors (Lipinski definition) is 6. The van der Waals surface area contributed by atoms with Crippen molar-refractivity contribution in [3.8, 4) is 5.75 Å². The Kier molecular flexibility index (Phi) is 7.05. The SMILES string of the molecule is COC(=O)[C@@H](Cc1cc(C)c(N)c(OC)c1)NC(=O)OCc1ccccc1. The number of hydrogen-bond donors (Lipinski definition) is 2. The number of aryl methyl sites for hydroxylation is 1. The quantitative estimate of drug-likeness (QED) is 0.572. The zero-order valence-corrected chi connectivity index (χ0v) is 15.7. The number of nitrogens with two attached hydrogens (primary N) is 1. The van der Waals surface area contributed by atoms with Gasteiger partial charge < -0.3 is 25.3 Å². The molecule has 0 aliphatic rings. The number of nitrogens with one attached hydrogen (secondary N) is 1. The number of rotatable bonds is 7.